The van der Waals surface area contributed by atoms with Gasteiger partial charge in [-0.25, -0.2) is 0 Å². The van der Waals surface area contributed by atoms with E-state index in [1.807, 2.05) is 13.8 Å². The molecule has 14 heavy (non-hydrogen) atoms. The summed E-state index contributed by atoms with van der Waals surface area (Å²) >= 11 is 0. The third-order valence-corrected chi connectivity index (χ3v) is 1.76. The maximum atomic E-state index is 11.4. The Bertz CT molecular complexity index is 254. The molecule has 0 fully saturated rings. The van der Waals surface area contributed by atoms with Gasteiger partial charge in [0, 0.05) is 19.7 Å². The van der Waals surface area contributed by atoms with E-state index < -0.39 is 11.9 Å². The molecule has 0 aliphatic rings. The molecule has 0 aromatic heterocycles. The smallest absolute Gasteiger partial charge is 0.308 e. The van der Waals surface area contributed by atoms with Crippen LogP contribution in [0, 0.1) is 5.92 Å². The molecule has 0 spiro atoms. The maximum absolute atomic E-state index is 11.4. The number of carboxylic acid groups (broad SMARTS) is 1. The lowest BCUT2D eigenvalue weighted by molar-refractivity contribution is -0.142. The van der Waals surface area contributed by atoms with Crippen LogP contribution < -0.4 is 0 Å². The van der Waals surface area contributed by atoms with Crippen molar-refractivity contribution >= 4 is 11.9 Å². The number of amides is 1. The third-order valence-electron chi connectivity index (χ3n) is 1.76. The minimum Gasteiger partial charge on any atom is -0.481 e. The first-order chi connectivity index (χ1) is 6.34. The maximum Gasteiger partial charge on any atom is 0.308 e. The van der Waals surface area contributed by atoms with Crippen molar-refractivity contribution in [2.45, 2.75) is 20.8 Å². The number of aliphatic carboxylic acids is 1. The highest BCUT2D eigenvalue weighted by molar-refractivity contribution is 5.88. The minimum absolute atomic E-state index is 0.155. The van der Waals surface area contributed by atoms with Crippen LogP contribution in [-0.2, 0) is 9.59 Å². The van der Waals surface area contributed by atoms with Gasteiger partial charge in [-0.3, -0.25) is 9.59 Å². The number of nitrogens with zero attached hydrogens (tertiary/aromatic N) is 1. The van der Waals surface area contributed by atoms with Crippen molar-refractivity contribution in [1.82, 2.24) is 4.90 Å². The number of likely N-dealkylation sites (N-methyl/N-ethyl adjacent to an activating group) is 1. The summed E-state index contributed by atoms with van der Waals surface area (Å²) in [5, 5.41) is 8.64. The van der Waals surface area contributed by atoms with E-state index in [4.69, 9.17) is 5.11 Å². The monoisotopic (exact) mass is 199 g/mol. The molecule has 0 radical (unpaired) electrons. The van der Waals surface area contributed by atoms with Crippen molar-refractivity contribution < 1.29 is 14.7 Å². The van der Waals surface area contributed by atoms with Crippen molar-refractivity contribution in [3.63, 3.8) is 0 Å². The lowest BCUT2D eigenvalue weighted by Gasteiger charge is -2.17. The normalized spacial score (nSPS) is 11.7. The molecule has 0 heterocycles. The summed E-state index contributed by atoms with van der Waals surface area (Å²) in [6, 6.07) is 0. The molecule has 0 aromatic rings. The van der Waals surface area contributed by atoms with Crippen LogP contribution in [0.3, 0.4) is 0 Å². The number of carbonyl (C=O) groups is 2. The van der Waals surface area contributed by atoms with Crippen LogP contribution in [0.1, 0.15) is 20.8 Å². The van der Waals surface area contributed by atoms with Crippen molar-refractivity contribution in [3.8, 4) is 0 Å². The molecule has 1 unspecified atom stereocenters. The van der Waals surface area contributed by atoms with Gasteiger partial charge < -0.3 is 10.0 Å². The molecule has 80 valence electrons. The number of rotatable bonds is 4. The first-order valence-corrected chi connectivity index (χ1v) is 4.47. The summed E-state index contributed by atoms with van der Waals surface area (Å²) in [6.45, 7) is 5.46. The van der Waals surface area contributed by atoms with Gasteiger partial charge in [0.2, 0.25) is 5.91 Å². The van der Waals surface area contributed by atoms with Crippen LogP contribution in [-0.4, -0.2) is 35.5 Å². The minimum atomic E-state index is -0.887. The van der Waals surface area contributed by atoms with E-state index in [2.05, 4.69) is 0 Å². The van der Waals surface area contributed by atoms with Gasteiger partial charge in [-0.2, -0.15) is 0 Å². The first-order valence-electron chi connectivity index (χ1n) is 4.47. The highest BCUT2D eigenvalue weighted by atomic mass is 16.4. The van der Waals surface area contributed by atoms with Gasteiger partial charge in [-0.05, 0) is 13.8 Å². The van der Waals surface area contributed by atoms with Crippen LogP contribution in [0.2, 0.25) is 0 Å². The zero-order valence-electron chi connectivity index (χ0n) is 9.07. The van der Waals surface area contributed by atoms with Crippen molar-refractivity contribution in [2.75, 3.05) is 13.6 Å². The van der Waals surface area contributed by atoms with Crippen LogP contribution in [0.4, 0.5) is 0 Å². The first kappa shape index (κ1) is 12.7. The number of allylic oxidation sites excluding steroid dienone is 1. The Morgan fingerprint density at radius 1 is 1.43 bits per heavy atom. The standard InChI is InChI=1S/C10H17NO3/c1-7(2)5-9(12)11(4)6-8(3)10(13)14/h5,8H,6H2,1-4H3,(H,13,14). The van der Waals surface area contributed by atoms with Gasteiger partial charge in [0.15, 0.2) is 0 Å². The van der Waals surface area contributed by atoms with Gasteiger partial charge >= 0.3 is 5.97 Å². The Morgan fingerprint density at radius 3 is 2.29 bits per heavy atom. The predicted molar refractivity (Wildman–Crippen MR) is 53.9 cm³/mol. The highest BCUT2D eigenvalue weighted by Crippen LogP contribution is 2.00. The molecule has 0 aromatic carbocycles. The second-order valence-electron chi connectivity index (χ2n) is 3.68. The molecular weight excluding hydrogens is 182 g/mol. The van der Waals surface area contributed by atoms with E-state index in [0.29, 0.717) is 0 Å². The van der Waals surface area contributed by atoms with Crippen molar-refractivity contribution in [3.05, 3.63) is 11.6 Å². The fraction of sp³-hybridized carbons (Fsp3) is 0.600. The SMILES string of the molecule is CC(C)=CC(=O)N(C)CC(C)C(=O)O. The van der Waals surface area contributed by atoms with Crippen LogP contribution in [0.15, 0.2) is 11.6 Å². The zero-order valence-corrected chi connectivity index (χ0v) is 9.07. The number of hydrogen-bond donors (Lipinski definition) is 1. The second-order valence-corrected chi connectivity index (χ2v) is 3.68. The summed E-state index contributed by atoms with van der Waals surface area (Å²) in [7, 11) is 1.60. The van der Waals surface area contributed by atoms with Gasteiger partial charge in [-0.1, -0.05) is 12.5 Å². The summed E-state index contributed by atoms with van der Waals surface area (Å²) in [5.74, 6) is -1.57. The second kappa shape index (κ2) is 5.42. The summed E-state index contributed by atoms with van der Waals surface area (Å²) < 4.78 is 0. The summed E-state index contributed by atoms with van der Waals surface area (Å²) in [5.41, 5.74) is 0.907. The molecule has 4 nitrogen and oxygen atoms in total. The Morgan fingerprint density at radius 2 is 1.93 bits per heavy atom. The zero-order chi connectivity index (χ0) is 11.3. The average molecular weight is 199 g/mol. The lowest BCUT2D eigenvalue weighted by Crippen LogP contribution is -2.32. The fourth-order valence-electron chi connectivity index (χ4n) is 0.936. The predicted octanol–water partition coefficient (Wildman–Crippen LogP) is 1.13. The van der Waals surface area contributed by atoms with E-state index in [9.17, 15) is 9.59 Å². The quantitative estimate of drug-likeness (QED) is 0.690. The Balaban J connectivity index is 4.22. The largest absolute Gasteiger partial charge is 0.481 e. The Hall–Kier alpha value is -1.32. The molecule has 0 aliphatic carbocycles. The summed E-state index contributed by atoms with van der Waals surface area (Å²) in [4.78, 5) is 23.3. The number of carbonyl (C=O) groups excluding carboxylic acids is 1. The van der Waals surface area contributed by atoms with E-state index in [1.54, 1.807) is 14.0 Å². The van der Waals surface area contributed by atoms with Crippen LogP contribution >= 0.6 is 0 Å². The molecule has 0 bridgehead atoms. The van der Waals surface area contributed by atoms with Crippen molar-refractivity contribution in [2.24, 2.45) is 5.92 Å². The van der Waals surface area contributed by atoms with Gasteiger partial charge in [0.25, 0.3) is 0 Å². The van der Waals surface area contributed by atoms with Crippen LogP contribution in [0.5, 0.6) is 0 Å². The average Bonchev–Trinajstić information content (AvgIpc) is 2.02. The van der Waals surface area contributed by atoms with Crippen LogP contribution in [0.25, 0.3) is 0 Å². The van der Waals surface area contributed by atoms with E-state index >= 15 is 0 Å². The van der Waals surface area contributed by atoms with Crippen molar-refractivity contribution in [1.29, 1.82) is 0 Å². The molecular formula is C10H17NO3. The van der Waals surface area contributed by atoms with Gasteiger partial charge in [-0.15, -0.1) is 0 Å². The molecule has 4 heteroatoms. The highest BCUT2D eigenvalue weighted by Gasteiger charge is 2.15. The lowest BCUT2D eigenvalue weighted by atomic mass is 10.1. The molecule has 0 saturated heterocycles. The molecule has 1 N–H and O–H groups in total. The Labute approximate surface area is 84.2 Å². The molecule has 0 rings (SSSR count). The fourth-order valence-corrected chi connectivity index (χ4v) is 0.936. The number of hydrogen-bond acceptors (Lipinski definition) is 2. The molecule has 0 aliphatic heterocycles. The molecule has 1 amide bonds. The number of carboxylic acids is 1. The topological polar surface area (TPSA) is 57.6 Å². The van der Waals surface area contributed by atoms with Gasteiger partial charge in [0.1, 0.15) is 0 Å². The van der Waals surface area contributed by atoms with E-state index in [1.165, 1.54) is 11.0 Å². The summed E-state index contributed by atoms with van der Waals surface area (Å²) in [6.07, 6.45) is 1.49. The van der Waals surface area contributed by atoms with Gasteiger partial charge in [0.05, 0.1) is 5.92 Å². The molecule has 0 saturated carbocycles. The third kappa shape index (κ3) is 4.64. The van der Waals surface area contributed by atoms with E-state index in [-0.39, 0.29) is 12.5 Å². The Kier molecular flexibility index (Phi) is 4.91. The molecule has 1 atom stereocenters. The van der Waals surface area contributed by atoms with E-state index in [0.717, 1.165) is 5.57 Å².